The van der Waals surface area contributed by atoms with Crippen molar-refractivity contribution in [2.24, 2.45) is 5.10 Å². The summed E-state index contributed by atoms with van der Waals surface area (Å²) in [5.74, 6) is -1.14. The van der Waals surface area contributed by atoms with Gasteiger partial charge >= 0.3 is 11.9 Å². The van der Waals surface area contributed by atoms with Crippen LogP contribution in [0.5, 0.6) is 0 Å². The summed E-state index contributed by atoms with van der Waals surface area (Å²) in [5, 5.41) is 9.14. The monoisotopic (exact) mass is 443 g/mol. The first-order valence-corrected chi connectivity index (χ1v) is 10.1. The lowest BCUT2D eigenvalue weighted by atomic mass is 10.0. The Morgan fingerprint density at radius 2 is 1.45 bits per heavy atom. The summed E-state index contributed by atoms with van der Waals surface area (Å²) >= 11 is 0. The lowest BCUT2D eigenvalue weighted by Crippen LogP contribution is -2.39. The molecular weight excluding hydrogens is 422 g/mol. The predicted molar refractivity (Wildman–Crippen MR) is 122 cm³/mol. The Bertz CT molecular complexity index is 1220. The quantitative estimate of drug-likeness (QED) is 0.475. The maximum atomic E-state index is 13.3. The summed E-state index contributed by atoms with van der Waals surface area (Å²) in [5.41, 5.74) is 3.46. The number of ether oxygens (including phenoxy) is 2. The molecule has 166 valence electrons. The van der Waals surface area contributed by atoms with Crippen LogP contribution in [0.15, 0.2) is 77.9 Å². The topological polar surface area (TPSA) is 97.3 Å². The van der Waals surface area contributed by atoms with Crippen molar-refractivity contribution < 1.29 is 23.9 Å². The first-order chi connectivity index (χ1) is 16.0. The molecule has 3 aromatic carbocycles. The molecule has 1 aliphatic heterocycles. The maximum Gasteiger partial charge on any atom is 0.337 e. The van der Waals surface area contributed by atoms with Crippen LogP contribution in [0.25, 0.3) is 0 Å². The second-order valence-corrected chi connectivity index (χ2v) is 7.21. The normalized spacial score (nSPS) is 15.0. The van der Waals surface area contributed by atoms with E-state index >= 15 is 0 Å². The maximum absolute atomic E-state index is 13.3. The lowest BCUT2D eigenvalue weighted by Gasteiger charge is -2.34. The number of carbonyl (C=O) groups is 3. The van der Waals surface area contributed by atoms with Crippen LogP contribution in [-0.2, 0) is 9.47 Å². The van der Waals surface area contributed by atoms with E-state index in [-0.39, 0.29) is 5.91 Å². The Labute approximate surface area is 190 Å². The minimum Gasteiger partial charge on any atom is -0.465 e. The van der Waals surface area contributed by atoms with Crippen molar-refractivity contribution in [1.29, 1.82) is 0 Å². The highest BCUT2D eigenvalue weighted by Gasteiger charge is 2.33. The summed E-state index contributed by atoms with van der Waals surface area (Å²) in [6.07, 6.45) is 0.953. The predicted octanol–water partition coefficient (Wildman–Crippen LogP) is 3.86. The zero-order valence-corrected chi connectivity index (χ0v) is 18.0. The van der Waals surface area contributed by atoms with Crippen molar-refractivity contribution in [1.82, 2.24) is 5.01 Å². The summed E-state index contributed by atoms with van der Waals surface area (Å²) in [6.45, 7) is 0. The number of carbonyl (C=O) groups excluding carboxylic acids is 3. The highest BCUT2D eigenvalue weighted by molar-refractivity contribution is 6.02. The van der Waals surface area contributed by atoms with Gasteiger partial charge in [0.1, 0.15) is 0 Å². The van der Waals surface area contributed by atoms with Crippen LogP contribution in [0.4, 0.5) is 5.69 Å². The van der Waals surface area contributed by atoms with E-state index < -0.39 is 18.1 Å². The molecule has 1 unspecified atom stereocenters. The number of amides is 1. The molecule has 1 N–H and O–H groups in total. The van der Waals surface area contributed by atoms with Crippen molar-refractivity contribution in [3.05, 3.63) is 101 Å². The van der Waals surface area contributed by atoms with E-state index in [1.807, 2.05) is 12.1 Å². The number of hydrogen-bond acceptors (Lipinski definition) is 7. The number of nitrogens with zero attached hydrogens (tertiary/aromatic N) is 2. The van der Waals surface area contributed by atoms with E-state index in [4.69, 9.17) is 9.47 Å². The molecule has 3 aromatic rings. The fourth-order valence-electron chi connectivity index (χ4n) is 3.46. The molecule has 1 atom stereocenters. The highest BCUT2D eigenvalue weighted by Crippen LogP contribution is 2.33. The van der Waals surface area contributed by atoms with Gasteiger partial charge < -0.3 is 14.8 Å². The number of hydrogen-bond donors (Lipinski definition) is 1. The number of anilines is 1. The largest absolute Gasteiger partial charge is 0.465 e. The summed E-state index contributed by atoms with van der Waals surface area (Å²) in [7, 11) is 2.64. The van der Waals surface area contributed by atoms with Gasteiger partial charge in [0.15, 0.2) is 6.17 Å². The van der Waals surface area contributed by atoms with Crippen LogP contribution in [0, 0.1) is 0 Å². The Morgan fingerprint density at radius 3 is 2.06 bits per heavy atom. The van der Waals surface area contributed by atoms with Crippen LogP contribution in [-0.4, -0.2) is 43.3 Å². The van der Waals surface area contributed by atoms with E-state index in [9.17, 15) is 14.4 Å². The number of benzene rings is 3. The van der Waals surface area contributed by atoms with E-state index in [2.05, 4.69) is 10.4 Å². The van der Waals surface area contributed by atoms with Gasteiger partial charge in [-0.3, -0.25) is 4.79 Å². The molecule has 33 heavy (non-hydrogen) atoms. The number of hydrazone groups is 1. The molecule has 0 aromatic heterocycles. The van der Waals surface area contributed by atoms with Gasteiger partial charge in [0, 0.05) is 5.69 Å². The van der Waals surface area contributed by atoms with Gasteiger partial charge in [-0.25, -0.2) is 14.6 Å². The second kappa shape index (κ2) is 9.35. The summed E-state index contributed by atoms with van der Waals surface area (Å²) in [6, 6.07) is 20.7. The van der Waals surface area contributed by atoms with E-state index in [0.29, 0.717) is 27.9 Å². The number of esters is 2. The molecule has 0 spiro atoms. The second-order valence-electron chi connectivity index (χ2n) is 7.21. The van der Waals surface area contributed by atoms with E-state index in [1.54, 1.807) is 66.9 Å². The molecule has 1 heterocycles. The molecule has 0 aliphatic carbocycles. The van der Waals surface area contributed by atoms with Gasteiger partial charge in [-0.1, -0.05) is 36.4 Å². The lowest BCUT2D eigenvalue weighted by molar-refractivity contribution is 0.0591. The molecular formula is C25H21N3O5. The molecule has 8 heteroatoms. The van der Waals surface area contributed by atoms with E-state index in [0.717, 1.165) is 5.56 Å². The molecule has 8 nitrogen and oxygen atoms in total. The third-order valence-electron chi connectivity index (χ3n) is 5.21. The van der Waals surface area contributed by atoms with Crippen LogP contribution in [0.3, 0.4) is 0 Å². The number of fused-ring (bicyclic) bond motifs is 1. The van der Waals surface area contributed by atoms with Crippen LogP contribution in [0.2, 0.25) is 0 Å². The fraction of sp³-hybridized carbons (Fsp3) is 0.120. The number of para-hydroxylation sites is 1. The van der Waals surface area contributed by atoms with E-state index in [1.165, 1.54) is 19.2 Å². The van der Waals surface area contributed by atoms with Gasteiger partial charge in [0.05, 0.1) is 37.1 Å². The number of nitrogens with one attached hydrogen (secondary N) is 1. The van der Waals surface area contributed by atoms with Crippen molar-refractivity contribution in [2.45, 2.75) is 6.17 Å². The third-order valence-corrected chi connectivity index (χ3v) is 5.21. The zero-order chi connectivity index (χ0) is 23.4. The highest BCUT2D eigenvalue weighted by atomic mass is 16.5. The minimum absolute atomic E-state index is 0.270. The molecule has 4 rings (SSSR count). The Balaban J connectivity index is 1.66. The fourth-order valence-corrected chi connectivity index (χ4v) is 3.46. The van der Waals surface area contributed by atoms with Gasteiger partial charge in [-0.15, -0.1) is 0 Å². The average molecular weight is 443 g/mol. The van der Waals surface area contributed by atoms with Gasteiger partial charge in [0.2, 0.25) is 0 Å². The third kappa shape index (κ3) is 4.45. The van der Waals surface area contributed by atoms with Crippen molar-refractivity contribution in [3.8, 4) is 0 Å². The Hall–Kier alpha value is -4.46. The smallest absolute Gasteiger partial charge is 0.337 e. The molecule has 0 saturated heterocycles. The summed E-state index contributed by atoms with van der Waals surface area (Å²) < 4.78 is 9.46. The van der Waals surface area contributed by atoms with Crippen LogP contribution >= 0.6 is 0 Å². The molecule has 0 radical (unpaired) electrons. The SMILES string of the molecule is COC(=O)c1ccc(C=NN2C(=O)c3ccccc3NC2c2ccc(C(=O)OC)cc2)cc1. The standard InChI is InChI=1S/C25H21N3O5/c1-32-24(30)18-9-7-16(8-10-18)15-26-28-22(17-11-13-19(14-12-17)25(31)33-2)27-21-6-4-3-5-20(21)23(28)29/h3-15,22,27H,1-2H3. The van der Waals surface area contributed by atoms with Gasteiger partial charge in [-0.2, -0.15) is 5.10 Å². The molecule has 0 saturated carbocycles. The van der Waals surface area contributed by atoms with Crippen LogP contribution < -0.4 is 5.32 Å². The Morgan fingerprint density at radius 1 is 0.879 bits per heavy atom. The van der Waals surface area contributed by atoms with Gasteiger partial charge in [-0.05, 0) is 47.5 Å². The zero-order valence-electron chi connectivity index (χ0n) is 18.0. The molecule has 0 fully saturated rings. The van der Waals surface area contributed by atoms with Crippen LogP contribution in [0.1, 0.15) is 48.4 Å². The molecule has 1 aliphatic rings. The van der Waals surface area contributed by atoms with Crippen molar-refractivity contribution in [3.63, 3.8) is 0 Å². The average Bonchev–Trinajstić information content (AvgIpc) is 2.87. The van der Waals surface area contributed by atoms with Crippen molar-refractivity contribution in [2.75, 3.05) is 19.5 Å². The molecule has 0 bridgehead atoms. The van der Waals surface area contributed by atoms with Gasteiger partial charge in [0.25, 0.3) is 5.91 Å². The first-order valence-electron chi connectivity index (χ1n) is 10.1. The minimum atomic E-state index is -0.593. The number of rotatable bonds is 5. The molecule has 1 amide bonds. The van der Waals surface area contributed by atoms with Crippen molar-refractivity contribution >= 4 is 29.7 Å². The number of methoxy groups -OCH3 is 2. The summed E-state index contributed by atoms with van der Waals surface area (Å²) in [4.78, 5) is 36.7. The first kappa shape index (κ1) is 21.8. The Kier molecular flexibility index (Phi) is 6.17.